The van der Waals surface area contributed by atoms with Crippen LogP contribution in [-0.2, 0) is 0 Å². The summed E-state index contributed by atoms with van der Waals surface area (Å²) in [6.07, 6.45) is 0. The number of hydrogen-bond acceptors (Lipinski definition) is 3. The maximum absolute atomic E-state index is 13.3. The third-order valence-electron chi connectivity index (χ3n) is 3.06. The number of hydrogen-bond donors (Lipinski definition) is 0. The molecule has 2 nitrogen and oxygen atoms in total. The minimum absolute atomic E-state index is 0.560. The molecule has 0 N–H and O–H groups in total. The van der Waals surface area contributed by atoms with Crippen LogP contribution in [0.4, 0.5) is 8.78 Å². The van der Waals surface area contributed by atoms with Gasteiger partial charge in [-0.05, 0) is 42.5 Å². The number of halogens is 2. The number of thiazole rings is 1. The third kappa shape index (κ3) is 2.78. The van der Waals surface area contributed by atoms with Gasteiger partial charge in [0.15, 0.2) is 11.6 Å². The van der Waals surface area contributed by atoms with Crippen LogP contribution in [0.2, 0.25) is 0 Å². The molecule has 21 heavy (non-hydrogen) atoms. The predicted molar refractivity (Wildman–Crippen MR) is 79.5 cm³/mol. The quantitative estimate of drug-likeness (QED) is 0.695. The standard InChI is InChI=1S/C16H11F2NOS/c1-20-12-5-2-10(3-6-12)16-19-15(9-21-16)11-4-7-13(17)14(18)8-11/h2-9H,1H3. The van der Waals surface area contributed by atoms with E-state index in [1.165, 1.54) is 17.4 Å². The highest BCUT2D eigenvalue weighted by Gasteiger charge is 2.09. The molecule has 0 atom stereocenters. The van der Waals surface area contributed by atoms with Gasteiger partial charge >= 0.3 is 0 Å². The summed E-state index contributed by atoms with van der Waals surface area (Å²) in [6, 6.07) is 11.3. The lowest BCUT2D eigenvalue weighted by Crippen LogP contribution is -1.86. The van der Waals surface area contributed by atoms with Gasteiger partial charge in [0.2, 0.25) is 0 Å². The molecule has 0 aliphatic heterocycles. The van der Waals surface area contributed by atoms with E-state index in [9.17, 15) is 8.78 Å². The van der Waals surface area contributed by atoms with Crippen LogP contribution in [0.5, 0.6) is 5.75 Å². The maximum atomic E-state index is 13.3. The topological polar surface area (TPSA) is 22.1 Å². The summed E-state index contributed by atoms with van der Waals surface area (Å²) in [5.41, 5.74) is 2.14. The Bertz CT molecular complexity index is 768. The number of aromatic nitrogens is 1. The van der Waals surface area contributed by atoms with Crippen LogP contribution in [0, 0.1) is 11.6 Å². The highest BCUT2D eigenvalue weighted by molar-refractivity contribution is 7.13. The summed E-state index contributed by atoms with van der Waals surface area (Å²) in [5, 5.41) is 2.64. The van der Waals surface area contributed by atoms with Gasteiger partial charge in [0.25, 0.3) is 0 Å². The largest absolute Gasteiger partial charge is 0.497 e. The van der Waals surface area contributed by atoms with Crippen molar-refractivity contribution in [3.05, 3.63) is 59.5 Å². The average Bonchev–Trinajstić information content (AvgIpc) is 3.00. The molecular formula is C16H11F2NOS. The molecule has 0 spiro atoms. The molecule has 0 unspecified atom stereocenters. The molecular weight excluding hydrogens is 292 g/mol. The van der Waals surface area contributed by atoms with Crippen molar-refractivity contribution < 1.29 is 13.5 Å². The number of methoxy groups -OCH3 is 1. The Hall–Kier alpha value is -2.27. The average molecular weight is 303 g/mol. The van der Waals surface area contributed by atoms with E-state index in [4.69, 9.17) is 4.74 Å². The van der Waals surface area contributed by atoms with Gasteiger partial charge in [-0.3, -0.25) is 0 Å². The number of benzene rings is 2. The van der Waals surface area contributed by atoms with Crippen molar-refractivity contribution in [2.75, 3.05) is 7.11 Å². The Morgan fingerprint density at radius 1 is 0.952 bits per heavy atom. The summed E-state index contributed by atoms with van der Waals surface area (Å²) in [7, 11) is 1.61. The van der Waals surface area contributed by atoms with Crippen LogP contribution < -0.4 is 4.74 Å². The molecule has 0 aliphatic carbocycles. The van der Waals surface area contributed by atoms with E-state index in [0.29, 0.717) is 11.3 Å². The SMILES string of the molecule is COc1ccc(-c2nc(-c3ccc(F)c(F)c3)cs2)cc1. The molecule has 0 radical (unpaired) electrons. The molecule has 5 heteroatoms. The first kappa shape index (κ1) is 13.7. The van der Waals surface area contributed by atoms with E-state index in [2.05, 4.69) is 4.98 Å². The Morgan fingerprint density at radius 2 is 1.67 bits per heavy atom. The van der Waals surface area contributed by atoms with Crippen molar-refractivity contribution >= 4 is 11.3 Å². The van der Waals surface area contributed by atoms with Gasteiger partial charge in [-0.2, -0.15) is 0 Å². The molecule has 0 amide bonds. The van der Waals surface area contributed by atoms with E-state index in [-0.39, 0.29) is 0 Å². The lowest BCUT2D eigenvalue weighted by Gasteiger charge is -2.00. The van der Waals surface area contributed by atoms with Crippen LogP contribution in [0.25, 0.3) is 21.8 Å². The van der Waals surface area contributed by atoms with Crippen LogP contribution in [0.3, 0.4) is 0 Å². The zero-order valence-corrected chi connectivity index (χ0v) is 12.0. The fraction of sp³-hybridized carbons (Fsp3) is 0.0625. The highest BCUT2D eigenvalue weighted by Crippen LogP contribution is 2.30. The zero-order chi connectivity index (χ0) is 14.8. The summed E-state index contributed by atoms with van der Waals surface area (Å²) < 4.78 is 31.3. The smallest absolute Gasteiger partial charge is 0.159 e. The van der Waals surface area contributed by atoms with Gasteiger partial charge in [-0.1, -0.05) is 0 Å². The van der Waals surface area contributed by atoms with Gasteiger partial charge in [0, 0.05) is 16.5 Å². The molecule has 1 heterocycles. The fourth-order valence-electron chi connectivity index (χ4n) is 1.93. The Kier molecular flexibility index (Phi) is 3.66. The van der Waals surface area contributed by atoms with Gasteiger partial charge in [-0.25, -0.2) is 13.8 Å². The predicted octanol–water partition coefficient (Wildman–Crippen LogP) is 4.76. The molecule has 0 aliphatic rings. The van der Waals surface area contributed by atoms with E-state index < -0.39 is 11.6 Å². The molecule has 106 valence electrons. The molecule has 0 saturated heterocycles. The summed E-state index contributed by atoms with van der Waals surface area (Å²) >= 11 is 1.45. The first-order chi connectivity index (χ1) is 10.2. The summed E-state index contributed by atoms with van der Waals surface area (Å²) in [6.45, 7) is 0. The number of nitrogens with zero attached hydrogens (tertiary/aromatic N) is 1. The molecule has 3 rings (SSSR count). The third-order valence-corrected chi connectivity index (χ3v) is 3.95. The van der Waals surface area contributed by atoms with Gasteiger partial charge < -0.3 is 4.74 Å². The zero-order valence-electron chi connectivity index (χ0n) is 11.1. The first-order valence-electron chi connectivity index (χ1n) is 6.23. The molecule has 0 fully saturated rings. The second kappa shape index (κ2) is 5.61. The minimum Gasteiger partial charge on any atom is -0.497 e. The van der Waals surface area contributed by atoms with Gasteiger partial charge in [0.05, 0.1) is 12.8 Å². The first-order valence-corrected chi connectivity index (χ1v) is 7.11. The number of rotatable bonds is 3. The van der Waals surface area contributed by atoms with Crippen molar-refractivity contribution in [1.82, 2.24) is 4.98 Å². The molecule has 2 aromatic carbocycles. The molecule has 3 aromatic rings. The lowest BCUT2D eigenvalue weighted by atomic mass is 10.1. The second-order valence-electron chi connectivity index (χ2n) is 4.40. The van der Waals surface area contributed by atoms with Gasteiger partial charge in [0.1, 0.15) is 10.8 Å². The molecule has 0 saturated carbocycles. The van der Waals surface area contributed by atoms with E-state index >= 15 is 0 Å². The highest BCUT2D eigenvalue weighted by atomic mass is 32.1. The van der Waals surface area contributed by atoms with Crippen molar-refractivity contribution in [2.24, 2.45) is 0 Å². The second-order valence-corrected chi connectivity index (χ2v) is 5.25. The molecule has 0 bridgehead atoms. The summed E-state index contributed by atoms with van der Waals surface area (Å²) in [5.74, 6) is -0.952. The Morgan fingerprint density at radius 3 is 2.33 bits per heavy atom. The van der Waals surface area contributed by atoms with E-state index in [1.807, 2.05) is 29.6 Å². The van der Waals surface area contributed by atoms with Crippen molar-refractivity contribution in [3.8, 4) is 27.6 Å². The van der Waals surface area contributed by atoms with Crippen molar-refractivity contribution in [2.45, 2.75) is 0 Å². The fourth-order valence-corrected chi connectivity index (χ4v) is 2.76. The van der Waals surface area contributed by atoms with Crippen LogP contribution in [-0.4, -0.2) is 12.1 Å². The van der Waals surface area contributed by atoms with E-state index in [0.717, 1.165) is 28.5 Å². The van der Waals surface area contributed by atoms with Crippen molar-refractivity contribution in [3.63, 3.8) is 0 Å². The van der Waals surface area contributed by atoms with Crippen LogP contribution in [0.15, 0.2) is 47.8 Å². The summed E-state index contributed by atoms with van der Waals surface area (Å²) in [4.78, 5) is 4.47. The monoisotopic (exact) mass is 303 g/mol. The Balaban J connectivity index is 1.93. The normalized spacial score (nSPS) is 10.6. The van der Waals surface area contributed by atoms with E-state index in [1.54, 1.807) is 7.11 Å². The van der Waals surface area contributed by atoms with Crippen LogP contribution >= 0.6 is 11.3 Å². The van der Waals surface area contributed by atoms with Crippen molar-refractivity contribution in [1.29, 1.82) is 0 Å². The molecule has 1 aromatic heterocycles. The maximum Gasteiger partial charge on any atom is 0.159 e. The van der Waals surface area contributed by atoms with Crippen LogP contribution in [0.1, 0.15) is 0 Å². The number of ether oxygens (including phenoxy) is 1. The van der Waals surface area contributed by atoms with Gasteiger partial charge in [-0.15, -0.1) is 11.3 Å². The lowest BCUT2D eigenvalue weighted by molar-refractivity contribution is 0.415. The minimum atomic E-state index is -0.869. The Labute approximate surface area is 124 Å².